The molecule has 1 N–H and O–H groups in total. The van der Waals surface area contributed by atoms with Crippen molar-refractivity contribution >= 4 is 12.0 Å². The highest BCUT2D eigenvalue weighted by molar-refractivity contribution is 5.80. The van der Waals surface area contributed by atoms with Gasteiger partial charge < -0.3 is 14.9 Å². The van der Waals surface area contributed by atoms with Crippen molar-refractivity contribution in [2.24, 2.45) is 5.92 Å². The molecule has 0 radical (unpaired) electrons. The molecule has 0 aromatic heterocycles. The van der Waals surface area contributed by atoms with E-state index in [9.17, 15) is 9.59 Å². The van der Waals surface area contributed by atoms with Crippen molar-refractivity contribution in [3.8, 4) is 0 Å². The first-order valence-corrected chi connectivity index (χ1v) is 5.60. The molecule has 0 aliphatic carbocycles. The zero-order valence-electron chi connectivity index (χ0n) is 10.6. The molecule has 0 aromatic rings. The SMILES string of the molecule is CCCN(CC(=O)O)C(=O)N(C)CC(C)C. The summed E-state index contributed by atoms with van der Waals surface area (Å²) in [6.07, 6.45) is 0.758. The Hall–Kier alpha value is -1.26. The first kappa shape index (κ1) is 14.7. The molecule has 2 amide bonds. The topological polar surface area (TPSA) is 60.9 Å². The summed E-state index contributed by atoms with van der Waals surface area (Å²) >= 11 is 0. The first-order chi connectivity index (χ1) is 7.38. The van der Waals surface area contributed by atoms with Crippen LogP contribution >= 0.6 is 0 Å². The van der Waals surface area contributed by atoms with Crippen LogP contribution in [-0.2, 0) is 4.79 Å². The molecular weight excluding hydrogens is 208 g/mol. The number of carboxylic acids is 1. The third-order valence-corrected chi connectivity index (χ3v) is 2.06. The molecule has 0 aliphatic rings. The van der Waals surface area contributed by atoms with E-state index in [1.165, 1.54) is 4.90 Å². The maximum atomic E-state index is 11.9. The lowest BCUT2D eigenvalue weighted by Crippen LogP contribution is -2.45. The molecule has 0 aromatic carbocycles. The molecular formula is C11H22N2O3. The van der Waals surface area contributed by atoms with Crippen LogP contribution in [0.1, 0.15) is 27.2 Å². The van der Waals surface area contributed by atoms with Crippen molar-refractivity contribution in [1.29, 1.82) is 0 Å². The van der Waals surface area contributed by atoms with Gasteiger partial charge in [0.15, 0.2) is 0 Å². The van der Waals surface area contributed by atoms with Crippen molar-refractivity contribution in [2.75, 3.05) is 26.7 Å². The predicted molar refractivity (Wildman–Crippen MR) is 62.4 cm³/mol. The number of hydrogen-bond donors (Lipinski definition) is 1. The lowest BCUT2D eigenvalue weighted by atomic mass is 10.2. The molecule has 0 fully saturated rings. The van der Waals surface area contributed by atoms with Gasteiger partial charge in [0, 0.05) is 20.1 Å². The molecule has 0 rings (SSSR count). The van der Waals surface area contributed by atoms with Crippen molar-refractivity contribution < 1.29 is 14.7 Å². The molecule has 16 heavy (non-hydrogen) atoms. The minimum atomic E-state index is -0.972. The highest BCUT2D eigenvalue weighted by Crippen LogP contribution is 2.02. The summed E-state index contributed by atoms with van der Waals surface area (Å²) < 4.78 is 0. The van der Waals surface area contributed by atoms with Gasteiger partial charge >= 0.3 is 12.0 Å². The molecule has 94 valence electrons. The lowest BCUT2D eigenvalue weighted by Gasteiger charge is -2.27. The normalized spacial score (nSPS) is 10.3. The summed E-state index contributed by atoms with van der Waals surface area (Å²) in [7, 11) is 1.70. The quantitative estimate of drug-likeness (QED) is 0.752. The molecule has 5 heteroatoms. The number of aliphatic carboxylic acids is 1. The second-order valence-electron chi connectivity index (χ2n) is 4.37. The molecule has 0 atom stereocenters. The summed E-state index contributed by atoms with van der Waals surface area (Å²) in [5.41, 5.74) is 0. The molecule has 0 saturated heterocycles. The first-order valence-electron chi connectivity index (χ1n) is 5.60. The number of carbonyl (C=O) groups is 2. The Balaban J connectivity index is 4.40. The van der Waals surface area contributed by atoms with Gasteiger partial charge in [-0.15, -0.1) is 0 Å². The Morgan fingerprint density at radius 2 is 1.88 bits per heavy atom. The molecule has 5 nitrogen and oxygen atoms in total. The van der Waals surface area contributed by atoms with E-state index in [1.807, 2.05) is 20.8 Å². The fourth-order valence-corrected chi connectivity index (χ4v) is 1.54. The van der Waals surface area contributed by atoms with Crippen LogP contribution in [0.3, 0.4) is 0 Å². The minimum absolute atomic E-state index is 0.210. The average Bonchev–Trinajstić information content (AvgIpc) is 2.14. The molecule has 0 saturated carbocycles. The van der Waals surface area contributed by atoms with Gasteiger partial charge in [0.2, 0.25) is 0 Å². The van der Waals surface area contributed by atoms with Gasteiger partial charge in [0.05, 0.1) is 0 Å². The number of carboxylic acid groups (broad SMARTS) is 1. The molecule has 0 heterocycles. The Morgan fingerprint density at radius 1 is 1.31 bits per heavy atom. The van der Waals surface area contributed by atoms with Gasteiger partial charge in [0.25, 0.3) is 0 Å². The van der Waals surface area contributed by atoms with Gasteiger partial charge in [-0.2, -0.15) is 0 Å². The van der Waals surface area contributed by atoms with Gasteiger partial charge in [0.1, 0.15) is 6.54 Å². The maximum Gasteiger partial charge on any atom is 0.323 e. The van der Waals surface area contributed by atoms with Crippen LogP contribution in [-0.4, -0.2) is 53.6 Å². The predicted octanol–water partition coefficient (Wildman–Crippen LogP) is 1.49. The van der Waals surface area contributed by atoms with E-state index in [0.717, 1.165) is 6.42 Å². The number of hydrogen-bond acceptors (Lipinski definition) is 2. The molecule has 0 unspecified atom stereocenters. The van der Waals surface area contributed by atoms with Crippen LogP contribution in [0.25, 0.3) is 0 Å². The largest absolute Gasteiger partial charge is 0.480 e. The van der Waals surface area contributed by atoms with Gasteiger partial charge in [-0.05, 0) is 12.3 Å². The number of amides is 2. The lowest BCUT2D eigenvalue weighted by molar-refractivity contribution is -0.137. The van der Waals surface area contributed by atoms with Crippen molar-refractivity contribution in [3.63, 3.8) is 0 Å². The summed E-state index contributed by atoms with van der Waals surface area (Å²) in [5.74, 6) is -0.595. The second kappa shape index (κ2) is 7.09. The number of urea groups is 1. The molecule has 0 aliphatic heterocycles. The second-order valence-corrected chi connectivity index (χ2v) is 4.37. The van der Waals surface area contributed by atoms with E-state index in [4.69, 9.17) is 5.11 Å². The number of nitrogens with zero attached hydrogens (tertiary/aromatic N) is 2. The number of rotatable bonds is 6. The van der Waals surface area contributed by atoms with E-state index in [2.05, 4.69) is 0 Å². The van der Waals surface area contributed by atoms with Crippen LogP contribution in [0.2, 0.25) is 0 Å². The highest BCUT2D eigenvalue weighted by Gasteiger charge is 2.19. The smallest absolute Gasteiger partial charge is 0.323 e. The average molecular weight is 230 g/mol. The van der Waals surface area contributed by atoms with E-state index in [0.29, 0.717) is 19.0 Å². The maximum absolute atomic E-state index is 11.9. The Morgan fingerprint density at radius 3 is 2.25 bits per heavy atom. The van der Waals surface area contributed by atoms with Crippen molar-refractivity contribution in [3.05, 3.63) is 0 Å². The third kappa shape index (κ3) is 5.58. The van der Waals surface area contributed by atoms with Crippen LogP contribution in [0.15, 0.2) is 0 Å². The van der Waals surface area contributed by atoms with E-state index >= 15 is 0 Å². The summed E-state index contributed by atoms with van der Waals surface area (Å²) in [5, 5.41) is 8.71. The number of carbonyl (C=O) groups excluding carboxylic acids is 1. The van der Waals surface area contributed by atoms with Crippen molar-refractivity contribution in [2.45, 2.75) is 27.2 Å². The van der Waals surface area contributed by atoms with Crippen LogP contribution in [0, 0.1) is 5.92 Å². The van der Waals surface area contributed by atoms with Crippen LogP contribution in [0.5, 0.6) is 0 Å². The Labute approximate surface area is 97.0 Å². The van der Waals surface area contributed by atoms with Crippen LogP contribution < -0.4 is 0 Å². The zero-order chi connectivity index (χ0) is 12.7. The standard InChI is InChI=1S/C11H22N2O3/c1-5-6-13(8-10(14)15)11(16)12(4)7-9(2)3/h9H,5-8H2,1-4H3,(H,14,15). The Bertz CT molecular complexity index is 241. The molecule has 0 bridgehead atoms. The van der Waals surface area contributed by atoms with Gasteiger partial charge in [-0.3, -0.25) is 4.79 Å². The van der Waals surface area contributed by atoms with Gasteiger partial charge in [-0.1, -0.05) is 20.8 Å². The van der Waals surface area contributed by atoms with Crippen LogP contribution in [0.4, 0.5) is 4.79 Å². The summed E-state index contributed by atoms with van der Waals surface area (Å²) in [6.45, 7) is 6.85. The van der Waals surface area contributed by atoms with Crippen molar-refractivity contribution in [1.82, 2.24) is 9.80 Å². The van der Waals surface area contributed by atoms with E-state index < -0.39 is 5.97 Å². The van der Waals surface area contributed by atoms with Gasteiger partial charge in [-0.25, -0.2) is 4.79 Å². The zero-order valence-corrected chi connectivity index (χ0v) is 10.6. The summed E-state index contributed by atoms with van der Waals surface area (Å²) in [6, 6.07) is -0.210. The fraction of sp³-hybridized carbons (Fsp3) is 0.818. The Kier molecular flexibility index (Phi) is 6.53. The summed E-state index contributed by atoms with van der Waals surface area (Å²) in [4.78, 5) is 25.5. The monoisotopic (exact) mass is 230 g/mol. The van der Waals surface area contributed by atoms with E-state index in [-0.39, 0.29) is 12.6 Å². The minimum Gasteiger partial charge on any atom is -0.480 e. The molecule has 0 spiro atoms. The highest BCUT2D eigenvalue weighted by atomic mass is 16.4. The fourth-order valence-electron chi connectivity index (χ4n) is 1.54. The third-order valence-electron chi connectivity index (χ3n) is 2.06. The van der Waals surface area contributed by atoms with E-state index in [1.54, 1.807) is 11.9 Å².